The van der Waals surface area contributed by atoms with Crippen molar-refractivity contribution in [1.29, 1.82) is 0 Å². The Morgan fingerprint density at radius 1 is 1.43 bits per heavy atom. The molecule has 1 atom stereocenters. The number of benzene rings is 1. The number of β-amino-alcohol motifs (C(OH)–C–C–N with tert-alkyl or cyclic N) is 1. The van der Waals surface area contributed by atoms with Gasteiger partial charge < -0.3 is 20.1 Å². The van der Waals surface area contributed by atoms with E-state index < -0.39 is 0 Å². The van der Waals surface area contributed by atoms with Crippen LogP contribution in [0.1, 0.15) is 30.4 Å². The molecule has 1 unspecified atom stereocenters. The van der Waals surface area contributed by atoms with Crippen LogP contribution in [0.25, 0.3) is 0 Å². The topological polar surface area (TPSA) is 44.7 Å². The number of aryl methyl sites for hydroxylation is 1. The van der Waals surface area contributed by atoms with E-state index in [2.05, 4.69) is 29.3 Å². The lowest BCUT2D eigenvalue weighted by atomic mass is 10.1. The molecule has 0 spiro atoms. The summed E-state index contributed by atoms with van der Waals surface area (Å²) < 4.78 is 5.22. The number of methoxy groups -OCH3 is 1. The SMILES string of the molecule is COc1ccc(CNCCCN2CCCC(O)C2)c(C)c1. The molecule has 4 heteroatoms. The van der Waals surface area contributed by atoms with Gasteiger partial charge in [0.25, 0.3) is 0 Å². The lowest BCUT2D eigenvalue weighted by molar-refractivity contribution is 0.0702. The second-order valence-electron chi connectivity index (χ2n) is 5.92. The van der Waals surface area contributed by atoms with Gasteiger partial charge in [-0.25, -0.2) is 0 Å². The van der Waals surface area contributed by atoms with Gasteiger partial charge in [-0.15, -0.1) is 0 Å². The molecule has 2 N–H and O–H groups in total. The van der Waals surface area contributed by atoms with Crippen LogP contribution in [0.2, 0.25) is 0 Å². The number of hydrogen-bond donors (Lipinski definition) is 2. The van der Waals surface area contributed by atoms with Crippen molar-refractivity contribution >= 4 is 0 Å². The van der Waals surface area contributed by atoms with Crippen molar-refractivity contribution in [2.24, 2.45) is 0 Å². The number of aliphatic hydroxyl groups excluding tert-OH is 1. The van der Waals surface area contributed by atoms with Gasteiger partial charge >= 0.3 is 0 Å². The highest BCUT2D eigenvalue weighted by molar-refractivity contribution is 5.34. The molecular weight excluding hydrogens is 264 g/mol. The van der Waals surface area contributed by atoms with Crippen LogP contribution in [0.4, 0.5) is 0 Å². The molecule has 0 bridgehead atoms. The molecule has 1 fully saturated rings. The number of likely N-dealkylation sites (tertiary alicyclic amines) is 1. The first-order chi connectivity index (χ1) is 10.2. The van der Waals surface area contributed by atoms with Gasteiger partial charge in [-0.2, -0.15) is 0 Å². The van der Waals surface area contributed by atoms with Crippen molar-refractivity contribution in [1.82, 2.24) is 10.2 Å². The van der Waals surface area contributed by atoms with E-state index in [-0.39, 0.29) is 6.10 Å². The van der Waals surface area contributed by atoms with E-state index in [1.165, 1.54) is 11.1 Å². The number of nitrogens with one attached hydrogen (secondary N) is 1. The second kappa shape index (κ2) is 8.37. The van der Waals surface area contributed by atoms with E-state index in [1.807, 2.05) is 6.07 Å². The summed E-state index contributed by atoms with van der Waals surface area (Å²) in [7, 11) is 1.70. The van der Waals surface area contributed by atoms with E-state index in [4.69, 9.17) is 4.74 Å². The first-order valence-corrected chi connectivity index (χ1v) is 7.93. The van der Waals surface area contributed by atoms with Crippen molar-refractivity contribution in [3.8, 4) is 5.75 Å². The summed E-state index contributed by atoms with van der Waals surface area (Å²) in [4.78, 5) is 2.37. The van der Waals surface area contributed by atoms with Crippen LogP contribution in [0.3, 0.4) is 0 Å². The van der Waals surface area contributed by atoms with E-state index in [0.717, 1.165) is 57.7 Å². The van der Waals surface area contributed by atoms with Gasteiger partial charge in [0.2, 0.25) is 0 Å². The zero-order valence-electron chi connectivity index (χ0n) is 13.3. The Morgan fingerprint density at radius 3 is 3.00 bits per heavy atom. The molecule has 1 aromatic carbocycles. The fourth-order valence-corrected chi connectivity index (χ4v) is 2.88. The second-order valence-corrected chi connectivity index (χ2v) is 5.92. The summed E-state index contributed by atoms with van der Waals surface area (Å²) in [5.74, 6) is 0.917. The highest BCUT2D eigenvalue weighted by Gasteiger charge is 2.16. The highest BCUT2D eigenvalue weighted by atomic mass is 16.5. The predicted molar refractivity (Wildman–Crippen MR) is 85.7 cm³/mol. The van der Waals surface area contributed by atoms with Gasteiger partial charge in [0.1, 0.15) is 5.75 Å². The van der Waals surface area contributed by atoms with E-state index in [1.54, 1.807) is 7.11 Å². The van der Waals surface area contributed by atoms with Crippen LogP contribution in [-0.2, 0) is 6.54 Å². The molecule has 0 radical (unpaired) electrons. The highest BCUT2D eigenvalue weighted by Crippen LogP contribution is 2.16. The summed E-state index contributed by atoms with van der Waals surface area (Å²) in [5.41, 5.74) is 2.59. The Bertz CT molecular complexity index is 437. The lowest BCUT2D eigenvalue weighted by Crippen LogP contribution is -2.39. The fraction of sp³-hybridized carbons (Fsp3) is 0.647. The maximum absolute atomic E-state index is 9.64. The summed E-state index contributed by atoms with van der Waals surface area (Å²) in [6.07, 6.45) is 3.10. The largest absolute Gasteiger partial charge is 0.497 e. The molecule has 0 amide bonds. The fourth-order valence-electron chi connectivity index (χ4n) is 2.88. The molecular formula is C17H28N2O2. The number of hydrogen-bond acceptors (Lipinski definition) is 4. The minimum atomic E-state index is -0.117. The Kier molecular flexibility index (Phi) is 6.49. The van der Waals surface area contributed by atoms with Crippen molar-refractivity contribution in [2.75, 3.05) is 33.3 Å². The predicted octanol–water partition coefficient (Wildman–Crippen LogP) is 1.94. The van der Waals surface area contributed by atoms with Crippen molar-refractivity contribution in [2.45, 2.75) is 38.8 Å². The minimum absolute atomic E-state index is 0.117. The number of nitrogens with zero attached hydrogens (tertiary/aromatic N) is 1. The maximum Gasteiger partial charge on any atom is 0.119 e. The van der Waals surface area contributed by atoms with Crippen LogP contribution < -0.4 is 10.1 Å². The molecule has 4 nitrogen and oxygen atoms in total. The maximum atomic E-state index is 9.64. The molecule has 0 aliphatic carbocycles. The summed E-state index contributed by atoms with van der Waals surface area (Å²) in [5, 5.41) is 13.1. The van der Waals surface area contributed by atoms with Gasteiger partial charge in [-0.1, -0.05) is 6.07 Å². The molecule has 0 saturated carbocycles. The van der Waals surface area contributed by atoms with Crippen LogP contribution in [0.5, 0.6) is 5.75 Å². The van der Waals surface area contributed by atoms with Gasteiger partial charge in [-0.05, 0) is 69.1 Å². The Balaban J connectivity index is 1.63. The summed E-state index contributed by atoms with van der Waals surface area (Å²) in [6.45, 7) is 7.09. The van der Waals surface area contributed by atoms with Crippen LogP contribution in [-0.4, -0.2) is 49.4 Å². The van der Waals surface area contributed by atoms with Crippen LogP contribution in [0, 0.1) is 6.92 Å². The smallest absolute Gasteiger partial charge is 0.119 e. The zero-order valence-corrected chi connectivity index (χ0v) is 13.3. The van der Waals surface area contributed by atoms with Gasteiger partial charge in [0.15, 0.2) is 0 Å². The van der Waals surface area contributed by atoms with E-state index in [0.29, 0.717) is 0 Å². The lowest BCUT2D eigenvalue weighted by Gasteiger charge is -2.29. The molecule has 1 aliphatic heterocycles. The molecule has 1 aliphatic rings. The number of ether oxygens (including phenoxy) is 1. The van der Waals surface area contributed by atoms with Gasteiger partial charge in [-0.3, -0.25) is 0 Å². The van der Waals surface area contributed by atoms with Crippen molar-refractivity contribution < 1.29 is 9.84 Å². The normalized spacial score (nSPS) is 19.7. The average molecular weight is 292 g/mol. The van der Waals surface area contributed by atoms with Crippen molar-refractivity contribution in [3.63, 3.8) is 0 Å². The van der Waals surface area contributed by atoms with Crippen molar-refractivity contribution in [3.05, 3.63) is 29.3 Å². The first kappa shape index (κ1) is 16.3. The third kappa shape index (κ3) is 5.30. The Morgan fingerprint density at radius 2 is 2.29 bits per heavy atom. The van der Waals surface area contributed by atoms with Crippen LogP contribution >= 0.6 is 0 Å². The van der Waals surface area contributed by atoms with E-state index in [9.17, 15) is 5.11 Å². The third-order valence-electron chi connectivity index (χ3n) is 4.17. The number of aliphatic hydroxyl groups is 1. The molecule has 1 heterocycles. The van der Waals surface area contributed by atoms with Gasteiger partial charge in [0.05, 0.1) is 13.2 Å². The number of piperidine rings is 1. The number of rotatable bonds is 7. The third-order valence-corrected chi connectivity index (χ3v) is 4.17. The standard InChI is InChI=1S/C17H28N2O2/c1-14-11-17(21-2)7-6-15(14)12-18-8-4-10-19-9-3-5-16(20)13-19/h6-7,11,16,18,20H,3-5,8-10,12-13H2,1-2H3. The average Bonchev–Trinajstić information content (AvgIpc) is 2.48. The monoisotopic (exact) mass is 292 g/mol. The summed E-state index contributed by atoms with van der Waals surface area (Å²) in [6, 6.07) is 6.22. The molecule has 1 saturated heterocycles. The molecule has 118 valence electrons. The quantitative estimate of drug-likeness (QED) is 0.754. The molecule has 1 aromatic rings. The summed E-state index contributed by atoms with van der Waals surface area (Å²) >= 11 is 0. The minimum Gasteiger partial charge on any atom is -0.497 e. The Labute approximate surface area is 128 Å². The zero-order chi connectivity index (χ0) is 15.1. The van der Waals surface area contributed by atoms with Crippen LogP contribution in [0.15, 0.2) is 18.2 Å². The van der Waals surface area contributed by atoms with E-state index >= 15 is 0 Å². The molecule has 0 aromatic heterocycles. The van der Waals surface area contributed by atoms with Gasteiger partial charge in [0, 0.05) is 13.1 Å². The molecule has 2 rings (SSSR count). The Hall–Kier alpha value is -1.10. The molecule has 21 heavy (non-hydrogen) atoms. The first-order valence-electron chi connectivity index (χ1n) is 7.93.